The Morgan fingerprint density at radius 2 is 1.88 bits per heavy atom. The molecule has 0 saturated carbocycles. The van der Waals surface area contributed by atoms with Crippen LogP contribution in [-0.2, 0) is 22.6 Å². The summed E-state index contributed by atoms with van der Waals surface area (Å²) in [5.74, 6) is -6.99. The predicted molar refractivity (Wildman–Crippen MR) is 85.7 cm³/mol. The summed E-state index contributed by atoms with van der Waals surface area (Å²) in [6.45, 7) is 1.55. The Labute approximate surface area is 144 Å². The molecule has 0 atom stereocenters. The fourth-order valence-electron chi connectivity index (χ4n) is 2.33. The lowest BCUT2D eigenvalue weighted by Crippen LogP contribution is -2.29. The van der Waals surface area contributed by atoms with E-state index in [1.807, 2.05) is 12.4 Å². The molecule has 1 aromatic heterocycles. The molecule has 1 aliphatic rings. The summed E-state index contributed by atoms with van der Waals surface area (Å²) in [4.78, 5) is 31.1. The number of carbonyl (C=O) groups excluding carboxylic acids is 2. The second-order valence-corrected chi connectivity index (χ2v) is 6.59. The van der Waals surface area contributed by atoms with E-state index in [0.29, 0.717) is 12.6 Å². The molecular weight excluding hydrogens is 357 g/mol. The summed E-state index contributed by atoms with van der Waals surface area (Å²) in [5, 5.41) is 4.49. The van der Waals surface area contributed by atoms with Crippen molar-refractivity contribution in [3.8, 4) is 0 Å². The summed E-state index contributed by atoms with van der Waals surface area (Å²) in [5.41, 5.74) is 0.240. The Bertz CT molecular complexity index is 856. The van der Waals surface area contributed by atoms with Crippen LogP contribution in [0.2, 0.25) is 0 Å². The Kier molecular flexibility index (Phi) is 4.73. The zero-order valence-electron chi connectivity index (χ0n) is 13.0. The highest BCUT2D eigenvalue weighted by molar-refractivity contribution is 7.16. The van der Waals surface area contributed by atoms with Crippen molar-refractivity contribution in [3.63, 3.8) is 0 Å². The van der Waals surface area contributed by atoms with E-state index < -0.39 is 35.0 Å². The molecule has 0 fully saturated rings. The molecule has 2 N–H and O–H groups in total. The molecule has 0 saturated heterocycles. The average Bonchev–Trinajstić information content (AvgIpc) is 2.96. The maximum Gasteiger partial charge on any atom is 0.315 e. The van der Waals surface area contributed by atoms with Crippen molar-refractivity contribution in [2.45, 2.75) is 13.0 Å². The van der Waals surface area contributed by atoms with Gasteiger partial charge in [0.1, 0.15) is 0 Å². The fraction of sp³-hybridized carbons (Fsp3) is 0.267. The summed E-state index contributed by atoms with van der Waals surface area (Å²) in [7, 11) is 1.96. The molecule has 10 heteroatoms. The third kappa shape index (κ3) is 3.64. The van der Waals surface area contributed by atoms with Crippen molar-refractivity contribution in [1.29, 1.82) is 0 Å². The van der Waals surface area contributed by atoms with E-state index in [2.05, 4.69) is 15.2 Å². The van der Waals surface area contributed by atoms with Gasteiger partial charge in [0.25, 0.3) is 0 Å². The van der Waals surface area contributed by atoms with Gasteiger partial charge in [0.15, 0.2) is 22.6 Å². The van der Waals surface area contributed by atoms with E-state index >= 15 is 0 Å². The SMILES string of the molecule is CN1CCc2nc(NC(=O)C(=O)Nc3ccc(F)c(F)c3F)sc2C1. The number of carbonyl (C=O) groups is 2. The van der Waals surface area contributed by atoms with Crippen molar-refractivity contribution in [2.75, 3.05) is 24.2 Å². The van der Waals surface area contributed by atoms with Gasteiger partial charge in [-0.05, 0) is 19.2 Å². The average molecular weight is 370 g/mol. The molecule has 0 unspecified atom stereocenters. The van der Waals surface area contributed by atoms with Crippen LogP contribution in [0.5, 0.6) is 0 Å². The minimum absolute atomic E-state index is 0.256. The van der Waals surface area contributed by atoms with Gasteiger partial charge in [0.2, 0.25) is 0 Å². The van der Waals surface area contributed by atoms with E-state index in [4.69, 9.17) is 0 Å². The van der Waals surface area contributed by atoms with Crippen LogP contribution in [-0.4, -0.2) is 35.3 Å². The van der Waals surface area contributed by atoms with Gasteiger partial charge in [-0.1, -0.05) is 0 Å². The molecule has 25 heavy (non-hydrogen) atoms. The van der Waals surface area contributed by atoms with Crippen LogP contribution >= 0.6 is 11.3 Å². The zero-order valence-corrected chi connectivity index (χ0v) is 13.8. The van der Waals surface area contributed by atoms with Crippen molar-refractivity contribution < 1.29 is 22.8 Å². The molecule has 0 aliphatic carbocycles. The van der Waals surface area contributed by atoms with Crippen LogP contribution in [0, 0.1) is 17.5 Å². The molecule has 0 bridgehead atoms. The Balaban J connectivity index is 1.68. The number of nitrogens with zero attached hydrogens (tertiary/aromatic N) is 2. The lowest BCUT2D eigenvalue weighted by Gasteiger charge is -2.20. The predicted octanol–water partition coefficient (Wildman–Crippen LogP) is 2.13. The van der Waals surface area contributed by atoms with E-state index in [1.54, 1.807) is 0 Å². The van der Waals surface area contributed by atoms with E-state index in [9.17, 15) is 22.8 Å². The minimum Gasteiger partial charge on any atom is -0.315 e. The zero-order chi connectivity index (χ0) is 18.1. The molecule has 1 aromatic carbocycles. The van der Waals surface area contributed by atoms with Crippen LogP contribution in [0.1, 0.15) is 10.6 Å². The fourth-order valence-corrected chi connectivity index (χ4v) is 3.42. The smallest absolute Gasteiger partial charge is 0.315 e. The number of rotatable bonds is 2. The number of hydrogen-bond donors (Lipinski definition) is 2. The number of amides is 2. The highest BCUT2D eigenvalue weighted by Crippen LogP contribution is 2.27. The summed E-state index contributed by atoms with van der Waals surface area (Å²) >= 11 is 1.25. The topological polar surface area (TPSA) is 74.3 Å². The van der Waals surface area contributed by atoms with Gasteiger partial charge in [-0.15, -0.1) is 11.3 Å². The third-order valence-corrected chi connectivity index (χ3v) is 4.63. The first kappa shape index (κ1) is 17.4. The molecule has 0 spiro atoms. The summed E-state index contributed by atoms with van der Waals surface area (Å²) < 4.78 is 39.5. The summed E-state index contributed by atoms with van der Waals surface area (Å²) in [6.07, 6.45) is 0.741. The maximum atomic E-state index is 13.5. The first-order valence-corrected chi connectivity index (χ1v) is 8.09. The first-order valence-electron chi connectivity index (χ1n) is 7.28. The molecular formula is C15H13F3N4O2S. The maximum absolute atomic E-state index is 13.5. The molecule has 1 aliphatic heterocycles. The van der Waals surface area contributed by atoms with Gasteiger partial charge >= 0.3 is 11.8 Å². The van der Waals surface area contributed by atoms with Crippen molar-refractivity contribution >= 4 is 34.0 Å². The van der Waals surface area contributed by atoms with Gasteiger partial charge in [0.05, 0.1) is 11.4 Å². The van der Waals surface area contributed by atoms with Crippen LogP contribution in [0.25, 0.3) is 0 Å². The van der Waals surface area contributed by atoms with Gasteiger partial charge < -0.3 is 10.2 Å². The number of fused-ring (bicyclic) bond motifs is 1. The lowest BCUT2D eigenvalue weighted by molar-refractivity contribution is -0.133. The molecule has 6 nitrogen and oxygen atoms in total. The Morgan fingerprint density at radius 3 is 2.64 bits per heavy atom. The Morgan fingerprint density at radius 1 is 1.16 bits per heavy atom. The Hall–Kier alpha value is -2.46. The highest BCUT2D eigenvalue weighted by atomic mass is 32.1. The molecule has 0 radical (unpaired) electrons. The number of thiazole rings is 1. The van der Waals surface area contributed by atoms with E-state index in [1.165, 1.54) is 11.3 Å². The van der Waals surface area contributed by atoms with Gasteiger partial charge in [-0.2, -0.15) is 0 Å². The quantitative estimate of drug-likeness (QED) is 0.627. The summed E-state index contributed by atoms with van der Waals surface area (Å²) in [6, 6.07) is 1.48. The van der Waals surface area contributed by atoms with Crippen LogP contribution < -0.4 is 10.6 Å². The van der Waals surface area contributed by atoms with Crippen LogP contribution in [0.3, 0.4) is 0 Å². The monoisotopic (exact) mass is 370 g/mol. The largest absolute Gasteiger partial charge is 0.315 e. The first-order chi connectivity index (χ1) is 11.8. The molecule has 3 rings (SSSR count). The molecule has 2 amide bonds. The van der Waals surface area contributed by atoms with E-state index in [0.717, 1.165) is 29.6 Å². The highest BCUT2D eigenvalue weighted by Gasteiger charge is 2.22. The number of halogens is 3. The number of aromatic nitrogens is 1. The second-order valence-electron chi connectivity index (χ2n) is 5.51. The van der Waals surface area contributed by atoms with E-state index in [-0.39, 0.29) is 5.13 Å². The molecule has 132 valence electrons. The lowest BCUT2D eigenvalue weighted by atomic mass is 10.2. The number of anilines is 2. The normalized spacial score (nSPS) is 14.1. The van der Waals surface area contributed by atoms with Gasteiger partial charge in [-0.3, -0.25) is 14.9 Å². The number of benzene rings is 1. The van der Waals surface area contributed by atoms with Crippen LogP contribution in [0.15, 0.2) is 12.1 Å². The second kappa shape index (κ2) is 6.81. The third-order valence-electron chi connectivity index (χ3n) is 3.63. The number of likely N-dealkylation sites (N-methyl/N-ethyl adjacent to an activating group) is 1. The van der Waals surface area contributed by atoms with Crippen molar-refractivity contribution in [3.05, 3.63) is 40.2 Å². The van der Waals surface area contributed by atoms with Crippen molar-refractivity contribution in [2.24, 2.45) is 0 Å². The standard InChI is InChI=1S/C15H13F3N4O2S/c1-22-5-4-8-10(6-22)25-15(20-8)21-14(24)13(23)19-9-3-2-7(16)11(17)12(9)18/h2-3H,4-6H2,1H3,(H,19,23)(H,20,21,24). The van der Waals surface area contributed by atoms with Crippen molar-refractivity contribution in [1.82, 2.24) is 9.88 Å². The van der Waals surface area contributed by atoms with Gasteiger partial charge in [0, 0.05) is 24.4 Å². The minimum atomic E-state index is -1.73. The number of nitrogens with one attached hydrogen (secondary N) is 2. The van der Waals surface area contributed by atoms with Gasteiger partial charge in [-0.25, -0.2) is 18.2 Å². The molecule has 2 heterocycles. The molecule has 2 aromatic rings. The number of hydrogen-bond acceptors (Lipinski definition) is 5. The van der Waals surface area contributed by atoms with Crippen LogP contribution in [0.4, 0.5) is 24.0 Å².